The SMILES string of the molecule is CCC(=S)N[C@@H](CS)C(=O)O. The number of aliphatic carboxylic acids is 1. The molecule has 0 bridgehead atoms. The fourth-order valence-corrected chi connectivity index (χ4v) is 0.872. The van der Waals surface area contributed by atoms with Gasteiger partial charge in [0, 0.05) is 5.75 Å². The largest absolute Gasteiger partial charge is 0.480 e. The van der Waals surface area contributed by atoms with Crippen molar-refractivity contribution in [2.45, 2.75) is 19.4 Å². The van der Waals surface area contributed by atoms with E-state index in [-0.39, 0.29) is 5.75 Å². The van der Waals surface area contributed by atoms with E-state index in [1.165, 1.54) is 0 Å². The van der Waals surface area contributed by atoms with E-state index in [0.29, 0.717) is 11.4 Å². The van der Waals surface area contributed by atoms with Crippen LogP contribution in [-0.4, -0.2) is 27.9 Å². The summed E-state index contributed by atoms with van der Waals surface area (Å²) in [7, 11) is 0. The zero-order chi connectivity index (χ0) is 8.85. The third kappa shape index (κ3) is 4.21. The molecule has 0 rings (SSSR count). The highest BCUT2D eigenvalue weighted by Gasteiger charge is 2.14. The lowest BCUT2D eigenvalue weighted by molar-refractivity contribution is -0.138. The van der Waals surface area contributed by atoms with E-state index in [4.69, 9.17) is 17.3 Å². The van der Waals surface area contributed by atoms with Gasteiger partial charge in [-0.1, -0.05) is 19.1 Å². The fourth-order valence-electron chi connectivity index (χ4n) is 0.482. The lowest BCUT2D eigenvalue weighted by Gasteiger charge is -2.12. The van der Waals surface area contributed by atoms with Crippen LogP contribution in [-0.2, 0) is 4.79 Å². The first-order valence-corrected chi connectivity index (χ1v) is 4.29. The van der Waals surface area contributed by atoms with Gasteiger partial charge in [0.1, 0.15) is 6.04 Å². The van der Waals surface area contributed by atoms with Crippen molar-refractivity contribution in [2.75, 3.05) is 5.75 Å². The summed E-state index contributed by atoms with van der Waals surface area (Å²) in [5, 5.41) is 11.2. The molecule has 0 saturated carbocycles. The van der Waals surface area contributed by atoms with Gasteiger partial charge in [-0.15, -0.1) is 0 Å². The number of thiocarbonyl (C=S) groups is 1. The maximum absolute atomic E-state index is 10.4. The third-order valence-electron chi connectivity index (χ3n) is 1.14. The molecule has 0 heterocycles. The highest BCUT2D eigenvalue weighted by Crippen LogP contribution is 1.90. The van der Waals surface area contributed by atoms with Crippen LogP contribution in [0.1, 0.15) is 13.3 Å². The molecule has 0 saturated heterocycles. The molecule has 0 spiro atoms. The van der Waals surface area contributed by atoms with Gasteiger partial charge in [0.05, 0.1) is 4.99 Å². The van der Waals surface area contributed by atoms with Crippen molar-refractivity contribution in [1.29, 1.82) is 0 Å². The minimum absolute atomic E-state index is 0.246. The number of rotatable bonds is 4. The Balaban J connectivity index is 3.88. The van der Waals surface area contributed by atoms with Crippen LogP contribution in [0.2, 0.25) is 0 Å². The van der Waals surface area contributed by atoms with E-state index in [9.17, 15) is 4.79 Å². The maximum Gasteiger partial charge on any atom is 0.326 e. The van der Waals surface area contributed by atoms with Gasteiger partial charge in [-0.25, -0.2) is 4.79 Å². The Morgan fingerprint density at radius 3 is 2.64 bits per heavy atom. The molecule has 0 aliphatic rings. The molecule has 11 heavy (non-hydrogen) atoms. The van der Waals surface area contributed by atoms with E-state index >= 15 is 0 Å². The summed E-state index contributed by atoms with van der Waals surface area (Å²) in [5.41, 5.74) is 0. The summed E-state index contributed by atoms with van der Waals surface area (Å²) >= 11 is 8.67. The van der Waals surface area contributed by atoms with Crippen LogP contribution in [0.15, 0.2) is 0 Å². The minimum Gasteiger partial charge on any atom is -0.480 e. The average Bonchev–Trinajstić information content (AvgIpc) is 1.99. The summed E-state index contributed by atoms with van der Waals surface area (Å²) < 4.78 is 0. The summed E-state index contributed by atoms with van der Waals surface area (Å²) in [6.45, 7) is 1.87. The number of carboxylic acid groups (broad SMARTS) is 1. The summed E-state index contributed by atoms with van der Waals surface area (Å²) in [4.78, 5) is 11.0. The Labute approximate surface area is 76.6 Å². The molecule has 0 fully saturated rings. The second-order valence-electron chi connectivity index (χ2n) is 1.99. The van der Waals surface area contributed by atoms with Gasteiger partial charge >= 0.3 is 5.97 Å². The smallest absolute Gasteiger partial charge is 0.326 e. The number of carboxylic acids is 1. The molecule has 0 aromatic carbocycles. The Hall–Kier alpha value is -0.290. The van der Waals surface area contributed by atoms with E-state index < -0.39 is 12.0 Å². The van der Waals surface area contributed by atoms with Crippen LogP contribution < -0.4 is 5.32 Å². The highest BCUT2D eigenvalue weighted by molar-refractivity contribution is 7.80. The van der Waals surface area contributed by atoms with Crippen LogP contribution >= 0.6 is 24.8 Å². The summed E-state index contributed by atoms with van der Waals surface area (Å²) in [6.07, 6.45) is 0.660. The summed E-state index contributed by atoms with van der Waals surface area (Å²) in [5.74, 6) is -0.675. The van der Waals surface area contributed by atoms with Crippen LogP contribution in [0, 0.1) is 0 Å². The van der Waals surface area contributed by atoms with E-state index in [2.05, 4.69) is 17.9 Å². The normalized spacial score (nSPS) is 12.2. The Morgan fingerprint density at radius 2 is 2.36 bits per heavy atom. The lowest BCUT2D eigenvalue weighted by Crippen LogP contribution is -2.41. The first-order valence-electron chi connectivity index (χ1n) is 3.24. The molecule has 1 atom stereocenters. The molecular weight excluding hydrogens is 182 g/mol. The van der Waals surface area contributed by atoms with Gasteiger partial charge in [0.15, 0.2) is 0 Å². The predicted molar refractivity (Wildman–Crippen MR) is 51.3 cm³/mol. The monoisotopic (exact) mass is 193 g/mol. The van der Waals surface area contributed by atoms with Crippen LogP contribution in [0.4, 0.5) is 0 Å². The van der Waals surface area contributed by atoms with Gasteiger partial charge in [-0.05, 0) is 6.42 Å². The summed E-state index contributed by atoms with van der Waals surface area (Å²) in [6, 6.07) is -0.661. The number of hydrogen-bond acceptors (Lipinski definition) is 3. The number of hydrogen-bond donors (Lipinski definition) is 3. The molecule has 0 aromatic heterocycles. The first kappa shape index (κ1) is 10.7. The zero-order valence-corrected chi connectivity index (χ0v) is 7.91. The van der Waals surface area contributed by atoms with Crippen molar-refractivity contribution in [1.82, 2.24) is 5.32 Å². The molecule has 64 valence electrons. The molecule has 0 aliphatic heterocycles. The Bertz CT molecular complexity index is 161. The Morgan fingerprint density at radius 1 is 1.82 bits per heavy atom. The molecule has 0 radical (unpaired) electrons. The molecule has 2 N–H and O–H groups in total. The standard InChI is InChI=1S/C6H11NO2S2/c1-2-5(11)7-4(3-10)6(8)9/h4,10H,2-3H2,1H3,(H,7,11)(H,8,9)/t4-/m0/s1. The van der Waals surface area contributed by atoms with Crippen molar-refractivity contribution in [3.05, 3.63) is 0 Å². The molecule has 3 nitrogen and oxygen atoms in total. The molecule has 0 amide bonds. The molecule has 5 heteroatoms. The van der Waals surface area contributed by atoms with E-state index in [1.54, 1.807) is 0 Å². The Kier molecular flexibility index (Phi) is 5.23. The van der Waals surface area contributed by atoms with E-state index in [1.807, 2.05) is 6.92 Å². The van der Waals surface area contributed by atoms with Crippen molar-refractivity contribution < 1.29 is 9.90 Å². The lowest BCUT2D eigenvalue weighted by atomic mass is 10.3. The van der Waals surface area contributed by atoms with Gasteiger partial charge in [-0.3, -0.25) is 0 Å². The predicted octanol–water partition coefficient (Wildman–Crippen LogP) is 0.696. The van der Waals surface area contributed by atoms with E-state index in [0.717, 1.165) is 0 Å². The van der Waals surface area contributed by atoms with Gasteiger partial charge in [-0.2, -0.15) is 12.6 Å². The second kappa shape index (κ2) is 5.37. The van der Waals surface area contributed by atoms with Crippen LogP contribution in [0.25, 0.3) is 0 Å². The average molecular weight is 193 g/mol. The molecule has 0 aromatic rings. The van der Waals surface area contributed by atoms with Crippen molar-refractivity contribution in [3.8, 4) is 0 Å². The molecule has 0 unspecified atom stereocenters. The fraction of sp³-hybridized carbons (Fsp3) is 0.667. The zero-order valence-electron chi connectivity index (χ0n) is 6.20. The maximum atomic E-state index is 10.4. The minimum atomic E-state index is -0.921. The highest BCUT2D eigenvalue weighted by atomic mass is 32.1. The van der Waals surface area contributed by atoms with Gasteiger partial charge in [0.2, 0.25) is 0 Å². The first-order chi connectivity index (χ1) is 5.11. The molecular formula is C6H11NO2S2. The van der Waals surface area contributed by atoms with Crippen LogP contribution in [0.3, 0.4) is 0 Å². The van der Waals surface area contributed by atoms with Gasteiger partial charge < -0.3 is 10.4 Å². The second-order valence-corrected chi connectivity index (χ2v) is 2.85. The quantitative estimate of drug-likeness (QED) is 0.454. The van der Waals surface area contributed by atoms with Gasteiger partial charge in [0.25, 0.3) is 0 Å². The number of nitrogens with one attached hydrogen (secondary N) is 1. The van der Waals surface area contributed by atoms with Crippen molar-refractivity contribution >= 4 is 35.8 Å². The molecule has 0 aliphatic carbocycles. The number of carbonyl (C=O) groups is 1. The third-order valence-corrected chi connectivity index (χ3v) is 1.91. The van der Waals surface area contributed by atoms with Crippen molar-refractivity contribution in [3.63, 3.8) is 0 Å². The van der Waals surface area contributed by atoms with Crippen LogP contribution in [0.5, 0.6) is 0 Å². The number of thiol groups is 1. The topological polar surface area (TPSA) is 49.3 Å². The van der Waals surface area contributed by atoms with Crippen molar-refractivity contribution in [2.24, 2.45) is 0 Å².